The van der Waals surface area contributed by atoms with E-state index in [1.54, 1.807) is 6.92 Å². The lowest BCUT2D eigenvalue weighted by atomic mass is 10.5. The van der Waals surface area contributed by atoms with Gasteiger partial charge in [0, 0.05) is 14.2 Å². The lowest BCUT2D eigenvalue weighted by Gasteiger charge is -2.13. The van der Waals surface area contributed by atoms with E-state index in [4.69, 9.17) is 27.7 Å². The molecule has 0 aliphatic heterocycles. The molecule has 0 saturated heterocycles. The molecule has 0 aliphatic carbocycles. The molecule has 0 saturated carbocycles. The smallest absolute Gasteiger partial charge is 0.409 e. The average molecular weight is 261 g/mol. The fourth-order valence-corrected chi connectivity index (χ4v) is 1.37. The van der Waals surface area contributed by atoms with Crippen LogP contribution in [-0.4, -0.2) is 14.2 Å². The number of hydrogen-bond donors (Lipinski definition) is 0. The van der Waals surface area contributed by atoms with Crippen LogP contribution in [-0.2, 0) is 18.1 Å². The Kier molecular flexibility index (Phi) is 6.49. The molecule has 0 atom stereocenters. The number of phosphoric acid groups is 1. The van der Waals surface area contributed by atoms with E-state index in [0.717, 1.165) is 0 Å². The zero-order valence-corrected chi connectivity index (χ0v) is 10.4. The van der Waals surface area contributed by atoms with E-state index in [1.165, 1.54) is 26.4 Å². The third-order valence-electron chi connectivity index (χ3n) is 1.15. The van der Waals surface area contributed by atoms with Crippen LogP contribution in [0.5, 0.6) is 0 Å². The molecule has 0 unspecified atom stereocenters. The largest absolute Gasteiger partial charge is 0.529 e. The molecule has 0 heterocycles. The number of halogens is 2. The van der Waals surface area contributed by atoms with Gasteiger partial charge in [-0.15, -0.1) is 0 Å². The molecule has 0 radical (unpaired) electrons. The van der Waals surface area contributed by atoms with Gasteiger partial charge in [0.15, 0.2) is 0 Å². The van der Waals surface area contributed by atoms with Crippen molar-refractivity contribution in [2.24, 2.45) is 0 Å². The van der Waals surface area contributed by atoms with Gasteiger partial charge >= 0.3 is 7.82 Å². The fraction of sp³-hybridized carbons (Fsp3) is 0.429. The quantitative estimate of drug-likeness (QED) is 0.430. The molecule has 0 amide bonds. The molecular formula is C7H11Cl2O4P. The first-order valence-corrected chi connectivity index (χ1v) is 5.76. The average Bonchev–Trinajstić information content (AvgIpc) is 2.14. The lowest BCUT2D eigenvalue weighted by molar-refractivity contribution is 0.183. The van der Waals surface area contributed by atoms with Gasteiger partial charge in [0.2, 0.25) is 0 Å². The lowest BCUT2D eigenvalue weighted by Crippen LogP contribution is -1.92. The highest BCUT2D eigenvalue weighted by Crippen LogP contribution is 2.49. The van der Waals surface area contributed by atoms with Crippen molar-refractivity contribution in [3.05, 3.63) is 22.4 Å². The molecule has 0 aromatic carbocycles. The normalized spacial score (nSPS) is 12.5. The number of rotatable bonds is 5. The van der Waals surface area contributed by atoms with Gasteiger partial charge in [-0.1, -0.05) is 23.2 Å². The number of hydrogen-bond acceptors (Lipinski definition) is 4. The minimum atomic E-state index is -3.48. The molecule has 0 fully saturated rings. The minimum Gasteiger partial charge on any atom is -0.409 e. The molecule has 82 valence electrons. The van der Waals surface area contributed by atoms with Crippen molar-refractivity contribution >= 4 is 31.0 Å². The summed E-state index contributed by atoms with van der Waals surface area (Å²) in [6.45, 7) is 1.57. The molecule has 0 aromatic heterocycles. The Hall–Kier alpha value is 0.01000. The van der Waals surface area contributed by atoms with Crippen molar-refractivity contribution in [1.29, 1.82) is 0 Å². The standard InChI is InChI=1S/C7H11Cl2O4P/c1-6(4-5-7(8)9)13-14(10,11-2)12-3/h4-5H,1-3H3/b6-4+. The third kappa shape index (κ3) is 5.68. The second kappa shape index (κ2) is 6.49. The van der Waals surface area contributed by atoms with E-state index in [0.29, 0.717) is 5.76 Å². The van der Waals surface area contributed by atoms with Crippen LogP contribution in [0.4, 0.5) is 0 Å². The molecule has 0 aromatic rings. The van der Waals surface area contributed by atoms with Crippen LogP contribution in [0.2, 0.25) is 0 Å². The Bertz CT molecular complexity index is 275. The van der Waals surface area contributed by atoms with E-state index in [9.17, 15) is 4.57 Å². The zero-order valence-electron chi connectivity index (χ0n) is 7.99. The number of phosphoric ester groups is 1. The van der Waals surface area contributed by atoms with Gasteiger partial charge in [0.25, 0.3) is 0 Å². The van der Waals surface area contributed by atoms with Gasteiger partial charge in [-0.3, -0.25) is 9.05 Å². The molecule has 0 N–H and O–H groups in total. The van der Waals surface area contributed by atoms with Gasteiger partial charge in [-0.25, -0.2) is 4.57 Å². The summed E-state index contributed by atoms with van der Waals surface area (Å²) in [7, 11) is -1.03. The maximum Gasteiger partial charge on any atom is 0.529 e. The van der Waals surface area contributed by atoms with Gasteiger partial charge in [0.1, 0.15) is 10.3 Å². The Balaban J connectivity index is 4.45. The zero-order chi connectivity index (χ0) is 11.2. The molecule has 0 rings (SSSR count). The first-order chi connectivity index (χ1) is 6.43. The van der Waals surface area contributed by atoms with Crippen LogP contribution in [0.15, 0.2) is 22.4 Å². The Labute approximate surface area is 93.0 Å². The van der Waals surface area contributed by atoms with Gasteiger partial charge in [-0.05, 0) is 19.1 Å². The Morgan fingerprint density at radius 3 is 2.07 bits per heavy atom. The van der Waals surface area contributed by atoms with Crippen LogP contribution in [0.3, 0.4) is 0 Å². The second-order valence-corrected chi connectivity index (χ2v) is 4.95. The summed E-state index contributed by atoms with van der Waals surface area (Å²) >= 11 is 10.7. The van der Waals surface area contributed by atoms with Crippen LogP contribution in [0.1, 0.15) is 6.92 Å². The van der Waals surface area contributed by atoms with Crippen LogP contribution in [0.25, 0.3) is 0 Å². The fourth-order valence-electron chi connectivity index (χ4n) is 0.536. The number of allylic oxidation sites excluding steroid dienone is 3. The van der Waals surface area contributed by atoms with Crippen molar-refractivity contribution in [2.45, 2.75) is 6.92 Å². The van der Waals surface area contributed by atoms with Gasteiger partial charge in [0.05, 0.1) is 0 Å². The maximum atomic E-state index is 11.4. The van der Waals surface area contributed by atoms with E-state index in [1.807, 2.05) is 0 Å². The summed E-state index contributed by atoms with van der Waals surface area (Å²) in [5, 5.41) is 0. The van der Waals surface area contributed by atoms with E-state index in [2.05, 4.69) is 9.05 Å². The first kappa shape index (κ1) is 14.0. The molecule has 0 spiro atoms. The summed E-state index contributed by atoms with van der Waals surface area (Å²) < 4.78 is 25.5. The van der Waals surface area contributed by atoms with Crippen LogP contribution >= 0.6 is 31.0 Å². The maximum absolute atomic E-state index is 11.4. The highest BCUT2D eigenvalue weighted by molar-refractivity contribution is 7.48. The van der Waals surface area contributed by atoms with E-state index >= 15 is 0 Å². The molecule has 0 aliphatic rings. The SMILES string of the molecule is COP(=O)(OC)O/C(C)=C/C=C(Cl)Cl. The summed E-state index contributed by atoms with van der Waals surface area (Å²) in [6.07, 6.45) is 2.83. The van der Waals surface area contributed by atoms with Crippen molar-refractivity contribution in [2.75, 3.05) is 14.2 Å². The Morgan fingerprint density at radius 2 is 1.71 bits per heavy atom. The molecule has 7 heteroatoms. The van der Waals surface area contributed by atoms with Crippen molar-refractivity contribution in [1.82, 2.24) is 0 Å². The van der Waals surface area contributed by atoms with Gasteiger partial charge < -0.3 is 4.52 Å². The van der Waals surface area contributed by atoms with Crippen molar-refractivity contribution in [3.8, 4) is 0 Å². The molecule has 4 nitrogen and oxygen atoms in total. The van der Waals surface area contributed by atoms with E-state index < -0.39 is 7.82 Å². The molecule has 0 bridgehead atoms. The van der Waals surface area contributed by atoms with Crippen molar-refractivity contribution in [3.63, 3.8) is 0 Å². The summed E-state index contributed by atoms with van der Waals surface area (Å²) in [5.41, 5.74) is 0. The predicted molar refractivity (Wildman–Crippen MR) is 56.3 cm³/mol. The summed E-state index contributed by atoms with van der Waals surface area (Å²) in [5.74, 6) is 0.316. The highest BCUT2D eigenvalue weighted by Gasteiger charge is 2.23. The first-order valence-electron chi connectivity index (χ1n) is 3.54. The molecule has 14 heavy (non-hydrogen) atoms. The van der Waals surface area contributed by atoms with E-state index in [-0.39, 0.29) is 4.49 Å². The van der Waals surface area contributed by atoms with Crippen LogP contribution < -0.4 is 0 Å². The van der Waals surface area contributed by atoms with Crippen LogP contribution in [0, 0.1) is 0 Å². The summed E-state index contributed by atoms with van der Waals surface area (Å²) in [6, 6.07) is 0. The predicted octanol–water partition coefficient (Wildman–Crippen LogP) is 3.63. The highest BCUT2D eigenvalue weighted by atomic mass is 35.5. The third-order valence-corrected chi connectivity index (χ3v) is 2.81. The monoisotopic (exact) mass is 260 g/mol. The van der Waals surface area contributed by atoms with Gasteiger partial charge in [-0.2, -0.15) is 0 Å². The summed E-state index contributed by atoms with van der Waals surface area (Å²) in [4.78, 5) is 0. The minimum absolute atomic E-state index is 0.0672. The Morgan fingerprint density at radius 1 is 1.21 bits per heavy atom. The van der Waals surface area contributed by atoms with Crippen molar-refractivity contribution < 1.29 is 18.1 Å². The molecular weight excluding hydrogens is 250 g/mol. The second-order valence-electron chi connectivity index (χ2n) is 2.14. The topological polar surface area (TPSA) is 44.8 Å².